The minimum atomic E-state index is -2.98. The second-order valence-electron chi connectivity index (χ2n) is 6.32. The van der Waals surface area contributed by atoms with Gasteiger partial charge in [-0.2, -0.15) is 0 Å². The summed E-state index contributed by atoms with van der Waals surface area (Å²) < 4.78 is 24.3. The molecule has 0 saturated carbocycles. The van der Waals surface area contributed by atoms with Gasteiger partial charge in [-0.05, 0) is 37.8 Å². The van der Waals surface area contributed by atoms with Crippen molar-refractivity contribution >= 4 is 26.5 Å². The van der Waals surface area contributed by atoms with E-state index >= 15 is 0 Å². The molecule has 0 spiro atoms. The molecule has 2 atom stereocenters. The Morgan fingerprint density at radius 3 is 2.50 bits per heavy atom. The van der Waals surface area contributed by atoms with Crippen molar-refractivity contribution in [1.82, 2.24) is 4.98 Å². The summed E-state index contributed by atoms with van der Waals surface area (Å²) in [6.45, 7) is 0. The van der Waals surface area contributed by atoms with Crippen molar-refractivity contribution in [2.24, 2.45) is 5.92 Å². The summed E-state index contributed by atoms with van der Waals surface area (Å²) in [7, 11) is -2.98. The Bertz CT molecular complexity index is 834. The van der Waals surface area contributed by atoms with Crippen LogP contribution in [0.25, 0.3) is 10.9 Å². The number of rotatable bonds is 2. The van der Waals surface area contributed by atoms with Gasteiger partial charge in [0.25, 0.3) is 0 Å². The second kappa shape index (κ2) is 4.88. The number of carbonyl (C=O) groups excluding carboxylic acids is 1. The summed E-state index contributed by atoms with van der Waals surface area (Å²) in [6.07, 6.45) is 4.11. The van der Waals surface area contributed by atoms with Crippen LogP contribution in [0.4, 0.5) is 0 Å². The summed E-state index contributed by atoms with van der Waals surface area (Å²) >= 11 is 0. The fourth-order valence-corrected chi connectivity index (χ4v) is 6.43. The van der Waals surface area contributed by atoms with Gasteiger partial charge in [0.1, 0.15) is 0 Å². The molecule has 0 radical (unpaired) electrons. The zero-order chi connectivity index (χ0) is 15.3. The molecule has 5 heteroatoms. The maximum absolute atomic E-state index is 12.9. The van der Waals surface area contributed by atoms with Crippen LogP contribution in [0.3, 0.4) is 0 Å². The topological polar surface area (TPSA) is 64.1 Å². The normalized spacial score (nSPS) is 29.5. The third kappa shape index (κ3) is 1.99. The lowest BCUT2D eigenvalue weighted by atomic mass is 9.89. The summed E-state index contributed by atoms with van der Waals surface area (Å²) in [5.41, 5.74) is 1.48. The average Bonchev–Trinajstić information content (AvgIpc) is 2.71. The van der Waals surface area contributed by atoms with Crippen LogP contribution in [0.1, 0.15) is 36.0 Å². The van der Waals surface area contributed by atoms with E-state index < -0.39 is 9.84 Å². The molecule has 4 rings (SSSR count). The molecule has 4 nitrogen and oxygen atoms in total. The standard InChI is InChI=1S/C17H17NO3S/c19-17(11-9-12-6-7-13(10-11)22(12,20)21)15-3-1-5-16-14(15)4-2-8-18-16/h1-5,8,11-13H,6-7,9-10H2. The van der Waals surface area contributed by atoms with Gasteiger partial charge in [0.05, 0.1) is 16.0 Å². The second-order valence-corrected chi connectivity index (χ2v) is 8.83. The van der Waals surface area contributed by atoms with Crippen LogP contribution in [-0.2, 0) is 9.84 Å². The molecule has 2 bridgehead atoms. The third-order valence-electron chi connectivity index (χ3n) is 5.12. The van der Waals surface area contributed by atoms with Crippen molar-refractivity contribution in [3.63, 3.8) is 0 Å². The Labute approximate surface area is 129 Å². The lowest BCUT2D eigenvalue weighted by Gasteiger charge is -2.27. The highest BCUT2D eigenvalue weighted by Crippen LogP contribution is 2.42. The van der Waals surface area contributed by atoms with Crippen molar-refractivity contribution in [2.75, 3.05) is 0 Å². The largest absolute Gasteiger partial charge is 0.294 e. The molecule has 114 valence electrons. The van der Waals surface area contributed by atoms with Gasteiger partial charge in [0, 0.05) is 23.1 Å². The number of benzene rings is 1. The maximum Gasteiger partial charge on any atom is 0.166 e. The van der Waals surface area contributed by atoms with E-state index in [1.165, 1.54) is 0 Å². The predicted octanol–water partition coefficient (Wildman–Crippen LogP) is 2.77. The molecule has 22 heavy (non-hydrogen) atoms. The zero-order valence-electron chi connectivity index (χ0n) is 12.1. The molecule has 2 aromatic rings. The van der Waals surface area contributed by atoms with Crippen molar-refractivity contribution in [1.29, 1.82) is 0 Å². The van der Waals surface area contributed by atoms with Crippen LogP contribution in [0, 0.1) is 5.92 Å². The Hall–Kier alpha value is -1.75. The molecule has 2 aliphatic heterocycles. The van der Waals surface area contributed by atoms with E-state index in [9.17, 15) is 13.2 Å². The van der Waals surface area contributed by atoms with Gasteiger partial charge in [0.15, 0.2) is 15.6 Å². The number of ketones is 1. The lowest BCUT2D eigenvalue weighted by molar-refractivity contribution is 0.0907. The molecule has 0 aliphatic carbocycles. The maximum atomic E-state index is 12.9. The van der Waals surface area contributed by atoms with Gasteiger partial charge >= 0.3 is 0 Å². The fraction of sp³-hybridized carbons (Fsp3) is 0.412. The number of fused-ring (bicyclic) bond motifs is 3. The fourth-order valence-electron chi connectivity index (χ4n) is 3.96. The summed E-state index contributed by atoms with van der Waals surface area (Å²) in [5.74, 6) is -0.0998. The van der Waals surface area contributed by atoms with Gasteiger partial charge < -0.3 is 0 Å². The van der Waals surface area contributed by atoms with Gasteiger partial charge in [-0.3, -0.25) is 9.78 Å². The Kier molecular flexibility index (Phi) is 3.08. The van der Waals surface area contributed by atoms with E-state index in [4.69, 9.17) is 0 Å². The van der Waals surface area contributed by atoms with Gasteiger partial charge in [-0.25, -0.2) is 8.42 Å². The van der Waals surface area contributed by atoms with Crippen molar-refractivity contribution in [3.8, 4) is 0 Å². The number of sulfone groups is 1. The number of hydrogen-bond donors (Lipinski definition) is 0. The van der Waals surface area contributed by atoms with Crippen LogP contribution in [-0.4, -0.2) is 29.7 Å². The van der Waals surface area contributed by atoms with Crippen LogP contribution in [0.5, 0.6) is 0 Å². The smallest absolute Gasteiger partial charge is 0.166 e. The van der Waals surface area contributed by atoms with Gasteiger partial charge in [-0.1, -0.05) is 18.2 Å². The Morgan fingerprint density at radius 2 is 1.77 bits per heavy atom. The number of carbonyl (C=O) groups is 1. The predicted molar refractivity (Wildman–Crippen MR) is 84.5 cm³/mol. The quantitative estimate of drug-likeness (QED) is 0.799. The lowest BCUT2D eigenvalue weighted by Crippen LogP contribution is -2.36. The Balaban J connectivity index is 1.71. The van der Waals surface area contributed by atoms with Crippen LogP contribution >= 0.6 is 0 Å². The first kappa shape index (κ1) is 13.9. The molecule has 2 saturated heterocycles. The first-order valence-electron chi connectivity index (χ1n) is 7.68. The van der Waals surface area contributed by atoms with E-state index in [0.717, 1.165) is 10.9 Å². The highest BCUT2D eigenvalue weighted by atomic mass is 32.2. The number of pyridine rings is 1. The van der Waals surface area contributed by atoms with Crippen LogP contribution < -0.4 is 0 Å². The molecule has 2 fully saturated rings. The van der Waals surface area contributed by atoms with Crippen molar-refractivity contribution in [3.05, 3.63) is 42.1 Å². The first-order chi connectivity index (χ1) is 10.6. The molecule has 2 aliphatic rings. The Morgan fingerprint density at radius 1 is 1.05 bits per heavy atom. The van der Waals surface area contributed by atoms with Gasteiger partial charge in [-0.15, -0.1) is 0 Å². The van der Waals surface area contributed by atoms with E-state index in [1.807, 2.05) is 30.3 Å². The number of nitrogens with zero attached hydrogens (tertiary/aromatic N) is 1. The number of Topliss-reactive ketones (excluding diaryl/α,β-unsaturated/α-hetero) is 1. The van der Waals surface area contributed by atoms with E-state index in [1.54, 1.807) is 6.20 Å². The molecule has 0 N–H and O–H groups in total. The monoisotopic (exact) mass is 315 g/mol. The van der Waals surface area contributed by atoms with Crippen molar-refractivity contribution < 1.29 is 13.2 Å². The number of hydrogen-bond acceptors (Lipinski definition) is 4. The first-order valence-corrected chi connectivity index (χ1v) is 9.29. The van der Waals surface area contributed by atoms with Crippen LogP contribution in [0.15, 0.2) is 36.5 Å². The summed E-state index contributed by atoms with van der Waals surface area (Å²) in [6, 6.07) is 9.30. The van der Waals surface area contributed by atoms with E-state index in [2.05, 4.69) is 4.98 Å². The number of aromatic nitrogens is 1. The minimum absolute atomic E-state index is 0.0744. The molecule has 0 amide bonds. The zero-order valence-corrected chi connectivity index (χ0v) is 12.9. The summed E-state index contributed by atoms with van der Waals surface area (Å²) in [4.78, 5) is 17.2. The molecule has 1 aromatic heterocycles. The van der Waals surface area contributed by atoms with Crippen LogP contribution in [0.2, 0.25) is 0 Å². The molecule has 3 heterocycles. The average molecular weight is 315 g/mol. The molecule has 2 unspecified atom stereocenters. The van der Waals surface area contributed by atoms with E-state index in [0.29, 0.717) is 31.2 Å². The molecule has 1 aromatic carbocycles. The SMILES string of the molecule is O=C(c1cccc2ncccc12)C1CC2CCC(C1)S2(=O)=O. The molecular formula is C17H17NO3S. The summed E-state index contributed by atoms with van der Waals surface area (Å²) in [5, 5.41) is 0.234. The minimum Gasteiger partial charge on any atom is -0.294 e. The highest BCUT2D eigenvalue weighted by Gasteiger charge is 2.48. The highest BCUT2D eigenvalue weighted by molar-refractivity contribution is 7.93. The van der Waals surface area contributed by atoms with E-state index in [-0.39, 0.29) is 22.2 Å². The van der Waals surface area contributed by atoms with Gasteiger partial charge in [0.2, 0.25) is 0 Å². The van der Waals surface area contributed by atoms with Crippen molar-refractivity contribution in [2.45, 2.75) is 36.2 Å². The third-order valence-corrected chi connectivity index (χ3v) is 7.83. The molecular weight excluding hydrogens is 298 g/mol.